The molecule has 0 bridgehead atoms. The van der Waals surface area contributed by atoms with Crippen molar-refractivity contribution in [1.29, 1.82) is 0 Å². The molecule has 4 rings (SSSR count). The Morgan fingerprint density at radius 3 is 2.43 bits per heavy atom. The highest BCUT2D eigenvalue weighted by Crippen LogP contribution is 2.38. The van der Waals surface area contributed by atoms with Crippen molar-refractivity contribution >= 4 is 17.8 Å². The van der Waals surface area contributed by atoms with Gasteiger partial charge >= 0.3 is 6.18 Å². The second-order valence-electron chi connectivity index (χ2n) is 8.76. The molecule has 0 saturated carbocycles. The molecule has 1 aromatic carbocycles. The fourth-order valence-electron chi connectivity index (χ4n) is 3.99. The van der Waals surface area contributed by atoms with Gasteiger partial charge < -0.3 is 9.80 Å². The lowest BCUT2D eigenvalue weighted by molar-refractivity contribution is -0.137. The molecular formula is C23H25F3N4. The Morgan fingerprint density at radius 2 is 1.77 bits per heavy atom. The Balaban J connectivity index is 1.62. The van der Waals surface area contributed by atoms with Crippen LogP contribution in [0.1, 0.15) is 38.3 Å². The van der Waals surface area contributed by atoms with E-state index >= 15 is 0 Å². The molecule has 0 radical (unpaired) electrons. The third-order valence-corrected chi connectivity index (χ3v) is 5.68. The number of hydrogen-bond acceptors (Lipinski definition) is 4. The van der Waals surface area contributed by atoms with Gasteiger partial charge in [0.15, 0.2) is 0 Å². The summed E-state index contributed by atoms with van der Waals surface area (Å²) < 4.78 is 40.5. The molecule has 0 amide bonds. The maximum Gasteiger partial charge on any atom is 0.419 e. The van der Waals surface area contributed by atoms with Crippen molar-refractivity contribution < 1.29 is 13.2 Å². The van der Waals surface area contributed by atoms with E-state index in [1.807, 2.05) is 11.1 Å². The molecule has 0 aliphatic carbocycles. The normalized spacial score (nSPS) is 19.5. The second-order valence-corrected chi connectivity index (χ2v) is 8.76. The van der Waals surface area contributed by atoms with Crippen LogP contribution in [0.25, 0.3) is 0 Å². The minimum absolute atomic E-state index is 0.00501. The Labute approximate surface area is 174 Å². The van der Waals surface area contributed by atoms with Gasteiger partial charge in [0, 0.05) is 31.2 Å². The Hall–Kier alpha value is -2.83. The van der Waals surface area contributed by atoms with Crippen LogP contribution in [-0.4, -0.2) is 30.5 Å². The molecule has 7 heteroatoms. The van der Waals surface area contributed by atoms with Crippen LogP contribution in [0.4, 0.5) is 24.7 Å². The molecule has 0 spiro atoms. The lowest BCUT2D eigenvalue weighted by atomic mass is 9.87. The molecule has 2 aliphatic rings. The SMILES string of the molecule is CC(C)(C)c1ccc(N2C=NC=C3CCN(c4ncccc4C(F)(F)F)CC32)cc1. The van der Waals surface area contributed by atoms with Crippen molar-refractivity contribution in [2.75, 3.05) is 22.9 Å². The average Bonchev–Trinajstić information content (AvgIpc) is 2.72. The molecule has 1 fully saturated rings. The standard InChI is InChI=1S/C23H25F3N4/c1-22(2,3)17-6-8-18(9-7-17)30-15-27-13-16-10-12-29(14-20(16)30)21-19(23(24,25)26)5-4-11-28-21/h4-9,11,13,15,20H,10,12,14H2,1-3H3. The first-order chi connectivity index (χ1) is 14.1. The lowest BCUT2D eigenvalue weighted by Gasteiger charge is -2.42. The summed E-state index contributed by atoms with van der Waals surface area (Å²) >= 11 is 0. The fraction of sp³-hybridized carbons (Fsp3) is 0.391. The van der Waals surface area contributed by atoms with Gasteiger partial charge in [0.1, 0.15) is 5.82 Å². The van der Waals surface area contributed by atoms with Gasteiger partial charge in [-0.2, -0.15) is 13.2 Å². The number of aromatic nitrogens is 1. The maximum atomic E-state index is 13.5. The first kappa shape index (κ1) is 20.4. The van der Waals surface area contributed by atoms with E-state index in [1.165, 1.54) is 17.8 Å². The lowest BCUT2D eigenvalue weighted by Crippen LogP contribution is -2.50. The fourth-order valence-corrected chi connectivity index (χ4v) is 3.99. The molecule has 1 saturated heterocycles. The molecule has 158 valence electrons. The number of halogens is 3. The van der Waals surface area contributed by atoms with Gasteiger partial charge in [-0.15, -0.1) is 0 Å². The smallest absolute Gasteiger partial charge is 0.353 e. The van der Waals surface area contributed by atoms with Crippen LogP contribution in [0, 0.1) is 0 Å². The van der Waals surface area contributed by atoms with Gasteiger partial charge in [0.25, 0.3) is 0 Å². The zero-order valence-electron chi connectivity index (χ0n) is 17.3. The summed E-state index contributed by atoms with van der Waals surface area (Å²) in [6, 6.07) is 10.6. The van der Waals surface area contributed by atoms with E-state index in [-0.39, 0.29) is 17.3 Å². The number of piperidine rings is 1. The summed E-state index contributed by atoms with van der Waals surface area (Å²) in [6.45, 7) is 7.38. The zero-order chi connectivity index (χ0) is 21.5. The molecule has 3 heterocycles. The topological polar surface area (TPSA) is 31.7 Å². The Bertz CT molecular complexity index is 971. The van der Waals surface area contributed by atoms with Gasteiger partial charge in [0.05, 0.1) is 17.9 Å². The monoisotopic (exact) mass is 414 g/mol. The molecule has 1 aromatic heterocycles. The van der Waals surface area contributed by atoms with Crippen molar-refractivity contribution in [3.63, 3.8) is 0 Å². The van der Waals surface area contributed by atoms with E-state index in [9.17, 15) is 13.2 Å². The quantitative estimate of drug-likeness (QED) is 0.659. The second kappa shape index (κ2) is 7.45. The summed E-state index contributed by atoms with van der Waals surface area (Å²) in [5, 5.41) is 0. The molecule has 0 N–H and O–H groups in total. The van der Waals surface area contributed by atoms with E-state index in [0.717, 1.165) is 17.3 Å². The molecule has 1 unspecified atom stereocenters. The Morgan fingerprint density at radius 1 is 1.03 bits per heavy atom. The zero-order valence-corrected chi connectivity index (χ0v) is 17.3. The van der Waals surface area contributed by atoms with Crippen LogP contribution >= 0.6 is 0 Å². The molecule has 30 heavy (non-hydrogen) atoms. The van der Waals surface area contributed by atoms with Crippen molar-refractivity contribution in [3.05, 3.63) is 65.5 Å². The van der Waals surface area contributed by atoms with Crippen molar-refractivity contribution in [2.45, 2.75) is 44.8 Å². The van der Waals surface area contributed by atoms with Crippen LogP contribution in [0.2, 0.25) is 0 Å². The summed E-state index contributed by atoms with van der Waals surface area (Å²) in [5.74, 6) is -0.00501. The number of aliphatic imine (C=N–C) groups is 1. The number of anilines is 2. The average molecular weight is 414 g/mol. The minimum Gasteiger partial charge on any atom is -0.353 e. The molecule has 2 aliphatic heterocycles. The largest absolute Gasteiger partial charge is 0.419 e. The number of hydrogen-bond donors (Lipinski definition) is 0. The van der Waals surface area contributed by atoms with Crippen molar-refractivity contribution in [2.24, 2.45) is 4.99 Å². The summed E-state index contributed by atoms with van der Waals surface area (Å²) in [7, 11) is 0. The number of nitrogens with zero attached hydrogens (tertiary/aromatic N) is 4. The van der Waals surface area contributed by atoms with E-state index in [0.29, 0.717) is 19.5 Å². The molecule has 2 aromatic rings. The predicted octanol–water partition coefficient (Wildman–Crippen LogP) is 5.41. The van der Waals surface area contributed by atoms with Crippen LogP contribution in [-0.2, 0) is 11.6 Å². The highest BCUT2D eigenvalue weighted by molar-refractivity contribution is 5.83. The predicted molar refractivity (Wildman–Crippen MR) is 114 cm³/mol. The van der Waals surface area contributed by atoms with E-state index in [4.69, 9.17) is 0 Å². The maximum absolute atomic E-state index is 13.5. The van der Waals surface area contributed by atoms with E-state index in [1.54, 1.807) is 11.2 Å². The van der Waals surface area contributed by atoms with E-state index in [2.05, 4.69) is 55.0 Å². The van der Waals surface area contributed by atoms with Crippen molar-refractivity contribution in [1.82, 2.24) is 4.98 Å². The van der Waals surface area contributed by atoms with Crippen LogP contribution in [0.3, 0.4) is 0 Å². The van der Waals surface area contributed by atoms with Gasteiger partial charge in [-0.3, -0.25) is 0 Å². The first-order valence-corrected chi connectivity index (χ1v) is 10.0. The van der Waals surface area contributed by atoms with Crippen LogP contribution in [0.15, 0.2) is 59.4 Å². The molecule has 1 atom stereocenters. The number of alkyl halides is 3. The number of fused-ring (bicyclic) bond motifs is 1. The van der Waals surface area contributed by atoms with Gasteiger partial charge in [-0.1, -0.05) is 32.9 Å². The molecule has 4 nitrogen and oxygen atoms in total. The number of pyridine rings is 1. The summed E-state index contributed by atoms with van der Waals surface area (Å²) in [4.78, 5) is 12.2. The summed E-state index contributed by atoms with van der Waals surface area (Å²) in [6.07, 6.45) is 1.22. The number of benzene rings is 1. The summed E-state index contributed by atoms with van der Waals surface area (Å²) in [5.41, 5.74) is 2.68. The third-order valence-electron chi connectivity index (χ3n) is 5.68. The highest BCUT2D eigenvalue weighted by atomic mass is 19.4. The van der Waals surface area contributed by atoms with Crippen LogP contribution < -0.4 is 9.80 Å². The van der Waals surface area contributed by atoms with E-state index < -0.39 is 11.7 Å². The van der Waals surface area contributed by atoms with Gasteiger partial charge in [0.2, 0.25) is 0 Å². The van der Waals surface area contributed by atoms with Gasteiger partial charge in [-0.05, 0) is 47.2 Å². The third kappa shape index (κ3) is 3.93. The molecular weight excluding hydrogens is 389 g/mol. The minimum atomic E-state index is -4.43. The highest BCUT2D eigenvalue weighted by Gasteiger charge is 2.38. The van der Waals surface area contributed by atoms with Gasteiger partial charge in [-0.25, -0.2) is 9.98 Å². The first-order valence-electron chi connectivity index (χ1n) is 10.0. The van der Waals surface area contributed by atoms with Crippen molar-refractivity contribution in [3.8, 4) is 0 Å². The van der Waals surface area contributed by atoms with Crippen LogP contribution in [0.5, 0.6) is 0 Å². The number of rotatable bonds is 2. The Kier molecular flexibility index (Phi) is 5.08.